The first-order valence-corrected chi connectivity index (χ1v) is 12.4. The van der Waals surface area contributed by atoms with Crippen LogP contribution in [0.4, 0.5) is 4.39 Å². The van der Waals surface area contributed by atoms with Gasteiger partial charge in [0.1, 0.15) is 24.2 Å². The highest BCUT2D eigenvalue weighted by atomic mass is 19.1. The van der Waals surface area contributed by atoms with E-state index in [4.69, 9.17) is 4.74 Å². The van der Waals surface area contributed by atoms with Gasteiger partial charge in [0.15, 0.2) is 0 Å². The highest BCUT2D eigenvalue weighted by Crippen LogP contribution is 2.42. The maximum atomic E-state index is 15.5. The van der Waals surface area contributed by atoms with Crippen molar-refractivity contribution in [3.05, 3.63) is 64.5 Å². The molecular weight excluding hydrogens is 569 g/mol. The van der Waals surface area contributed by atoms with Gasteiger partial charge in [0.05, 0.1) is 6.54 Å². The molecule has 226 valence electrons. The molecule has 3 aliphatic heterocycles. The molecular formula is C25H26FN3O13. The number of morpholine rings is 1. The van der Waals surface area contributed by atoms with Gasteiger partial charge in [-0.3, -0.25) is 24.4 Å². The van der Waals surface area contributed by atoms with Crippen molar-refractivity contribution in [3.63, 3.8) is 0 Å². The normalized spacial score (nSPS) is 24.4. The van der Waals surface area contributed by atoms with Crippen LogP contribution in [0.1, 0.15) is 39.9 Å². The fourth-order valence-corrected chi connectivity index (χ4v) is 5.01. The van der Waals surface area contributed by atoms with Gasteiger partial charge in [0, 0.05) is 35.2 Å². The van der Waals surface area contributed by atoms with Crippen molar-refractivity contribution in [1.29, 1.82) is 0 Å². The van der Waals surface area contributed by atoms with E-state index < -0.39 is 77.0 Å². The van der Waals surface area contributed by atoms with E-state index in [1.807, 2.05) is 0 Å². The van der Waals surface area contributed by atoms with E-state index in [1.54, 1.807) is 0 Å². The quantitative estimate of drug-likeness (QED) is 0.116. The Kier molecular flexibility index (Phi) is 7.10. The van der Waals surface area contributed by atoms with Crippen LogP contribution in [0.2, 0.25) is 0 Å². The summed E-state index contributed by atoms with van der Waals surface area (Å²) >= 11 is 0. The minimum Gasteiger partial charge on any atom is -0.488 e. The lowest BCUT2D eigenvalue weighted by atomic mass is 10.0. The van der Waals surface area contributed by atoms with Crippen molar-refractivity contribution in [1.82, 2.24) is 15.1 Å². The van der Waals surface area contributed by atoms with Crippen LogP contribution in [0.25, 0.3) is 0 Å². The number of benzene rings is 2. The van der Waals surface area contributed by atoms with Gasteiger partial charge in [-0.2, -0.15) is 4.90 Å². The molecule has 2 aromatic carbocycles. The molecule has 0 saturated carbocycles. The minimum atomic E-state index is -4.19. The van der Waals surface area contributed by atoms with Crippen molar-refractivity contribution >= 4 is 17.7 Å². The summed E-state index contributed by atoms with van der Waals surface area (Å²) in [5.74, 6) is -19.0. The zero-order valence-corrected chi connectivity index (χ0v) is 21.5. The molecule has 2 fully saturated rings. The standard InChI is InChI=1S/C25H26FN3O13/c26-19-12(9-29-22(33,34)24(37,38)42-25(39,40)23(29,35)36)3-1-4-13(19)11-41-17-6-2-5-14-15(17)10-28(21(14)32)16-7-8-18(30)27-20(16)31/h1-6,16,33-40H,7-11H2,(H,27,30,31). The molecule has 9 N–H and O–H groups in total. The van der Waals surface area contributed by atoms with E-state index in [0.29, 0.717) is 5.56 Å². The van der Waals surface area contributed by atoms with Crippen LogP contribution in [-0.2, 0) is 34.0 Å². The number of aliphatic hydroxyl groups is 8. The van der Waals surface area contributed by atoms with Crippen LogP contribution in [-0.4, -0.2) is 98.2 Å². The number of ether oxygens (including phenoxy) is 2. The van der Waals surface area contributed by atoms with Crippen molar-refractivity contribution < 1.29 is 69.1 Å². The van der Waals surface area contributed by atoms with Gasteiger partial charge in [-0.15, -0.1) is 0 Å². The first kappa shape index (κ1) is 29.9. The number of amides is 3. The van der Waals surface area contributed by atoms with Crippen LogP contribution in [0, 0.1) is 5.82 Å². The number of nitrogens with zero attached hydrogens (tertiary/aromatic N) is 2. The number of hydrogen-bond donors (Lipinski definition) is 9. The summed E-state index contributed by atoms with van der Waals surface area (Å²) in [5.41, 5.74) is -0.0124. The second kappa shape index (κ2) is 9.99. The Labute approximate surface area is 235 Å². The fraction of sp³-hybridized carbons (Fsp3) is 0.400. The molecule has 3 aliphatic rings. The van der Waals surface area contributed by atoms with Crippen molar-refractivity contribution in [2.75, 3.05) is 0 Å². The van der Waals surface area contributed by atoms with Crippen LogP contribution < -0.4 is 10.1 Å². The lowest BCUT2D eigenvalue weighted by Gasteiger charge is -2.55. The summed E-state index contributed by atoms with van der Waals surface area (Å²) in [4.78, 5) is 37.7. The molecule has 0 spiro atoms. The summed E-state index contributed by atoms with van der Waals surface area (Å²) in [5, 5.41) is 81.8. The van der Waals surface area contributed by atoms with Crippen LogP contribution in [0.3, 0.4) is 0 Å². The van der Waals surface area contributed by atoms with E-state index in [9.17, 15) is 55.2 Å². The number of hydrogen-bond acceptors (Lipinski definition) is 14. The number of halogens is 1. The first-order chi connectivity index (χ1) is 19.5. The third-order valence-electron chi connectivity index (χ3n) is 7.32. The number of imide groups is 1. The maximum absolute atomic E-state index is 15.5. The molecule has 1 unspecified atom stereocenters. The SMILES string of the molecule is O=C1CCC(N2Cc3c(OCc4cccc(CN5C(O)(O)C(O)(O)OC(O)(O)C5(O)O)c4F)cccc3C2=O)C(=O)N1. The highest BCUT2D eigenvalue weighted by molar-refractivity contribution is 6.05. The third-order valence-corrected chi connectivity index (χ3v) is 7.32. The first-order valence-electron chi connectivity index (χ1n) is 12.4. The van der Waals surface area contributed by atoms with Gasteiger partial charge in [0.25, 0.3) is 5.91 Å². The van der Waals surface area contributed by atoms with Crippen LogP contribution in [0.15, 0.2) is 36.4 Å². The molecule has 0 aliphatic carbocycles. The molecule has 5 rings (SSSR count). The largest absolute Gasteiger partial charge is 0.488 e. The Morgan fingerprint density at radius 1 is 0.929 bits per heavy atom. The topological polar surface area (TPSA) is 250 Å². The van der Waals surface area contributed by atoms with E-state index in [2.05, 4.69) is 10.1 Å². The molecule has 3 amide bonds. The molecule has 3 heterocycles. The number of nitrogens with one attached hydrogen (secondary N) is 1. The summed E-state index contributed by atoms with van der Waals surface area (Å²) in [7, 11) is 0. The molecule has 0 radical (unpaired) electrons. The Morgan fingerprint density at radius 3 is 2.19 bits per heavy atom. The second-order valence-corrected chi connectivity index (χ2v) is 10.0. The van der Waals surface area contributed by atoms with Gasteiger partial charge in [-0.05, 0) is 18.6 Å². The monoisotopic (exact) mass is 595 g/mol. The fourth-order valence-electron chi connectivity index (χ4n) is 5.01. The van der Waals surface area contributed by atoms with Crippen molar-refractivity contribution in [2.45, 2.75) is 62.3 Å². The zero-order chi connectivity index (χ0) is 30.8. The van der Waals surface area contributed by atoms with E-state index >= 15 is 4.39 Å². The van der Waals surface area contributed by atoms with E-state index in [1.165, 1.54) is 35.2 Å². The number of fused-ring (bicyclic) bond motifs is 1. The Balaban J connectivity index is 1.36. The molecule has 17 heteroatoms. The number of rotatable bonds is 6. The van der Waals surface area contributed by atoms with Gasteiger partial charge in [-0.1, -0.05) is 24.3 Å². The average Bonchev–Trinajstić information content (AvgIpc) is 3.22. The third kappa shape index (κ3) is 4.71. The summed E-state index contributed by atoms with van der Waals surface area (Å²) < 4.78 is 25.1. The lowest BCUT2D eigenvalue weighted by molar-refractivity contribution is -0.659. The predicted molar refractivity (Wildman–Crippen MR) is 129 cm³/mol. The van der Waals surface area contributed by atoms with Crippen molar-refractivity contribution in [2.24, 2.45) is 0 Å². The minimum absolute atomic E-state index is 0.0194. The number of carbonyl (C=O) groups is 3. The van der Waals surface area contributed by atoms with E-state index in [0.717, 1.165) is 6.07 Å². The summed E-state index contributed by atoms with van der Waals surface area (Å²) in [6, 6.07) is 7.26. The van der Waals surface area contributed by atoms with Gasteiger partial charge in [-0.25, -0.2) is 4.39 Å². The van der Waals surface area contributed by atoms with Crippen LogP contribution >= 0.6 is 0 Å². The Bertz CT molecular complexity index is 1440. The van der Waals surface area contributed by atoms with Crippen LogP contribution in [0.5, 0.6) is 5.75 Å². The summed E-state index contributed by atoms with van der Waals surface area (Å²) in [6.45, 7) is -1.73. The summed E-state index contributed by atoms with van der Waals surface area (Å²) in [6.07, 6.45) is 0.214. The van der Waals surface area contributed by atoms with Crippen molar-refractivity contribution in [3.8, 4) is 5.75 Å². The molecule has 0 bridgehead atoms. The number of piperidine rings is 1. The molecule has 2 aromatic rings. The zero-order valence-electron chi connectivity index (χ0n) is 21.5. The Morgan fingerprint density at radius 2 is 1.55 bits per heavy atom. The molecule has 2 saturated heterocycles. The van der Waals surface area contributed by atoms with Gasteiger partial charge >= 0.3 is 23.8 Å². The second-order valence-electron chi connectivity index (χ2n) is 10.0. The van der Waals surface area contributed by atoms with E-state index in [-0.39, 0.29) is 36.3 Å². The predicted octanol–water partition coefficient (Wildman–Crippen LogP) is -3.45. The molecule has 16 nitrogen and oxygen atoms in total. The Hall–Kier alpha value is -3.62. The molecule has 42 heavy (non-hydrogen) atoms. The number of carbonyl (C=O) groups excluding carboxylic acids is 3. The lowest BCUT2D eigenvalue weighted by Crippen LogP contribution is -2.83. The van der Waals surface area contributed by atoms with Gasteiger partial charge in [0.2, 0.25) is 11.8 Å². The highest BCUT2D eigenvalue weighted by Gasteiger charge is 2.74. The smallest absolute Gasteiger partial charge is 0.356 e. The van der Waals surface area contributed by atoms with Gasteiger partial charge < -0.3 is 50.5 Å². The molecule has 0 aromatic heterocycles. The average molecular weight is 595 g/mol. The maximum Gasteiger partial charge on any atom is 0.356 e. The molecule has 1 atom stereocenters.